The van der Waals surface area contributed by atoms with Crippen LogP contribution in [-0.2, 0) is 4.79 Å². The van der Waals surface area contributed by atoms with Gasteiger partial charge in [0.15, 0.2) is 5.78 Å². The predicted molar refractivity (Wildman–Crippen MR) is 77.7 cm³/mol. The largest absolute Gasteiger partial charge is 0.309 e. The fraction of sp³-hybridized carbons (Fsp3) is 0.812. The Labute approximate surface area is 112 Å². The lowest BCUT2D eigenvalue weighted by atomic mass is 9.93. The van der Waals surface area contributed by atoms with E-state index in [0.717, 1.165) is 45.1 Å². The van der Waals surface area contributed by atoms with Gasteiger partial charge in [0.05, 0.1) is 0 Å². The molecule has 0 saturated heterocycles. The van der Waals surface area contributed by atoms with Gasteiger partial charge in [0.2, 0.25) is 0 Å². The number of ketones is 1. The smallest absolute Gasteiger partial charge is 0.158 e. The van der Waals surface area contributed by atoms with E-state index in [-0.39, 0.29) is 0 Å². The number of Topliss-reactive ketones (excluding diaryl/α,β-unsaturated/α-hetero) is 1. The molecule has 104 valence electrons. The topological polar surface area (TPSA) is 20.3 Å². The standard InChI is InChI=1S/C16H29NO/c1-5-7-14(15-8-6-9-16(15)18)11-10-13(2)12-17(3)4/h13H,5-12H2,1-4H3/b15-14+. The second-order valence-electron chi connectivity index (χ2n) is 6.01. The van der Waals surface area contributed by atoms with Crippen LogP contribution in [0.5, 0.6) is 0 Å². The Hall–Kier alpha value is -0.630. The number of hydrogen-bond donors (Lipinski definition) is 0. The maximum absolute atomic E-state index is 11.8. The minimum Gasteiger partial charge on any atom is -0.309 e. The van der Waals surface area contributed by atoms with Crippen LogP contribution in [0.3, 0.4) is 0 Å². The predicted octanol–water partition coefficient (Wildman–Crippen LogP) is 3.81. The Morgan fingerprint density at radius 2 is 2.00 bits per heavy atom. The summed E-state index contributed by atoms with van der Waals surface area (Å²) in [5, 5.41) is 0. The summed E-state index contributed by atoms with van der Waals surface area (Å²) in [4.78, 5) is 14.1. The van der Waals surface area contributed by atoms with Gasteiger partial charge in [-0.05, 0) is 57.7 Å². The van der Waals surface area contributed by atoms with Crippen LogP contribution in [0.4, 0.5) is 0 Å². The summed E-state index contributed by atoms with van der Waals surface area (Å²) < 4.78 is 0. The molecular formula is C16H29NO. The molecule has 0 aromatic carbocycles. The molecule has 0 radical (unpaired) electrons. The van der Waals surface area contributed by atoms with Crippen molar-refractivity contribution in [3.05, 3.63) is 11.1 Å². The van der Waals surface area contributed by atoms with Gasteiger partial charge in [-0.15, -0.1) is 0 Å². The van der Waals surface area contributed by atoms with Crippen LogP contribution >= 0.6 is 0 Å². The summed E-state index contributed by atoms with van der Waals surface area (Å²) in [5.41, 5.74) is 2.65. The molecule has 18 heavy (non-hydrogen) atoms. The molecule has 1 aliphatic carbocycles. The highest BCUT2D eigenvalue weighted by Crippen LogP contribution is 2.29. The average Bonchev–Trinajstić information content (AvgIpc) is 2.69. The van der Waals surface area contributed by atoms with Gasteiger partial charge in [0.1, 0.15) is 0 Å². The average molecular weight is 251 g/mol. The molecule has 0 N–H and O–H groups in total. The highest BCUT2D eigenvalue weighted by molar-refractivity contribution is 5.98. The van der Waals surface area contributed by atoms with Crippen molar-refractivity contribution in [2.24, 2.45) is 5.92 Å². The molecule has 1 atom stereocenters. The number of carbonyl (C=O) groups excluding carboxylic acids is 1. The lowest BCUT2D eigenvalue weighted by Crippen LogP contribution is -2.19. The lowest BCUT2D eigenvalue weighted by molar-refractivity contribution is -0.114. The van der Waals surface area contributed by atoms with Crippen molar-refractivity contribution in [1.82, 2.24) is 4.90 Å². The zero-order valence-electron chi connectivity index (χ0n) is 12.6. The van der Waals surface area contributed by atoms with Crippen molar-refractivity contribution in [3.8, 4) is 0 Å². The highest BCUT2D eigenvalue weighted by atomic mass is 16.1. The molecular weight excluding hydrogens is 222 g/mol. The molecule has 2 nitrogen and oxygen atoms in total. The Bertz CT molecular complexity index is 304. The Balaban J connectivity index is 2.56. The molecule has 0 aromatic heterocycles. The van der Waals surface area contributed by atoms with E-state index >= 15 is 0 Å². The SMILES string of the molecule is CCC/C(CCC(C)CN(C)C)=C1/CCCC1=O. The normalized spacial score (nSPS) is 20.6. The minimum atomic E-state index is 0.429. The third-order valence-electron chi connectivity index (χ3n) is 3.76. The zero-order valence-corrected chi connectivity index (χ0v) is 12.6. The van der Waals surface area contributed by atoms with Gasteiger partial charge in [-0.1, -0.05) is 25.8 Å². The van der Waals surface area contributed by atoms with Crippen molar-refractivity contribution in [2.45, 2.75) is 58.8 Å². The molecule has 1 saturated carbocycles. The van der Waals surface area contributed by atoms with Crippen LogP contribution in [0.25, 0.3) is 0 Å². The molecule has 1 rings (SSSR count). The van der Waals surface area contributed by atoms with Gasteiger partial charge in [-0.3, -0.25) is 4.79 Å². The molecule has 0 bridgehead atoms. The molecule has 0 aromatic rings. The first-order chi connectivity index (χ1) is 8.54. The van der Waals surface area contributed by atoms with Crippen molar-refractivity contribution < 1.29 is 4.79 Å². The number of allylic oxidation sites excluding steroid dienone is 2. The van der Waals surface area contributed by atoms with Crippen molar-refractivity contribution in [1.29, 1.82) is 0 Å². The summed E-state index contributed by atoms with van der Waals surface area (Å²) >= 11 is 0. The Morgan fingerprint density at radius 1 is 1.28 bits per heavy atom. The van der Waals surface area contributed by atoms with Crippen molar-refractivity contribution in [2.75, 3.05) is 20.6 Å². The maximum atomic E-state index is 11.8. The molecule has 0 spiro atoms. The van der Waals surface area contributed by atoms with E-state index in [1.165, 1.54) is 17.6 Å². The summed E-state index contributed by atoms with van der Waals surface area (Å²) in [7, 11) is 4.25. The van der Waals surface area contributed by atoms with Gasteiger partial charge in [0, 0.05) is 13.0 Å². The number of hydrogen-bond acceptors (Lipinski definition) is 2. The van der Waals surface area contributed by atoms with Crippen LogP contribution in [0.2, 0.25) is 0 Å². The van der Waals surface area contributed by atoms with Crippen LogP contribution in [0, 0.1) is 5.92 Å². The first kappa shape index (κ1) is 15.4. The second kappa shape index (κ2) is 7.73. The fourth-order valence-electron chi connectivity index (χ4n) is 2.95. The monoisotopic (exact) mass is 251 g/mol. The van der Waals surface area contributed by atoms with Gasteiger partial charge in [0.25, 0.3) is 0 Å². The molecule has 0 amide bonds. The van der Waals surface area contributed by atoms with Gasteiger partial charge < -0.3 is 4.90 Å². The van der Waals surface area contributed by atoms with Crippen LogP contribution in [-0.4, -0.2) is 31.3 Å². The van der Waals surface area contributed by atoms with E-state index in [1.807, 2.05) is 0 Å². The number of nitrogens with zero attached hydrogens (tertiary/aromatic N) is 1. The fourth-order valence-corrected chi connectivity index (χ4v) is 2.95. The van der Waals surface area contributed by atoms with E-state index in [2.05, 4.69) is 32.8 Å². The first-order valence-electron chi connectivity index (χ1n) is 7.43. The van der Waals surface area contributed by atoms with E-state index in [1.54, 1.807) is 0 Å². The summed E-state index contributed by atoms with van der Waals surface area (Å²) in [6, 6.07) is 0. The minimum absolute atomic E-state index is 0.429. The van der Waals surface area contributed by atoms with E-state index in [9.17, 15) is 4.79 Å². The van der Waals surface area contributed by atoms with Crippen LogP contribution in [0.15, 0.2) is 11.1 Å². The molecule has 1 aliphatic rings. The van der Waals surface area contributed by atoms with Crippen molar-refractivity contribution in [3.63, 3.8) is 0 Å². The van der Waals surface area contributed by atoms with E-state index < -0.39 is 0 Å². The summed E-state index contributed by atoms with van der Waals surface area (Å²) in [6.45, 7) is 5.66. The molecule has 0 aliphatic heterocycles. The zero-order chi connectivity index (χ0) is 13.5. The molecule has 1 unspecified atom stereocenters. The van der Waals surface area contributed by atoms with Crippen LogP contribution < -0.4 is 0 Å². The number of carbonyl (C=O) groups is 1. The lowest BCUT2D eigenvalue weighted by Gasteiger charge is -2.18. The molecule has 0 heterocycles. The van der Waals surface area contributed by atoms with E-state index in [0.29, 0.717) is 11.7 Å². The van der Waals surface area contributed by atoms with E-state index in [4.69, 9.17) is 0 Å². The Morgan fingerprint density at radius 3 is 2.50 bits per heavy atom. The molecule has 2 heteroatoms. The Kier molecular flexibility index (Phi) is 6.62. The van der Waals surface area contributed by atoms with Crippen LogP contribution in [0.1, 0.15) is 58.8 Å². The quantitative estimate of drug-likeness (QED) is 0.641. The van der Waals surface area contributed by atoms with Gasteiger partial charge >= 0.3 is 0 Å². The van der Waals surface area contributed by atoms with Gasteiger partial charge in [-0.25, -0.2) is 0 Å². The number of rotatable bonds is 7. The van der Waals surface area contributed by atoms with Gasteiger partial charge in [-0.2, -0.15) is 0 Å². The third kappa shape index (κ3) is 4.93. The highest BCUT2D eigenvalue weighted by Gasteiger charge is 2.20. The summed E-state index contributed by atoms with van der Waals surface area (Å²) in [5.74, 6) is 1.14. The first-order valence-corrected chi connectivity index (χ1v) is 7.43. The second-order valence-corrected chi connectivity index (χ2v) is 6.01. The molecule has 1 fully saturated rings. The van der Waals surface area contributed by atoms with Crippen molar-refractivity contribution >= 4 is 5.78 Å². The maximum Gasteiger partial charge on any atom is 0.158 e. The third-order valence-corrected chi connectivity index (χ3v) is 3.76. The summed E-state index contributed by atoms with van der Waals surface area (Å²) in [6.07, 6.45) is 7.53.